The zero-order chi connectivity index (χ0) is 17.9. The molecule has 0 saturated heterocycles. The van der Waals surface area contributed by atoms with Crippen LogP contribution in [0.15, 0.2) is 34.9 Å². The van der Waals surface area contributed by atoms with Gasteiger partial charge in [-0.05, 0) is 6.08 Å². The van der Waals surface area contributed by atoms with Gasteiger partial charge in [-0.1, -0.05) is 23.8 Å². The predicted molar refractivity (Wildman–Crippen MR) is 80.3 cm³/mol. The molecule has 0 spiro atoms. The van der Waals surface area contributed by atoms with Gasteiger partial charge in [-0.15, -0.1) is 0 Å². The second kappa shape index (κ2) is 6.97. The first kappa shape index (κ1) is 17.9. The number of hydroxylamine groups is 2. The minimum absolute atomic E-state index is 0.0912. The highest BCUT2D eigenvalue weighted by molar-refractivity contribution is 6.29. The fourth-order valence-electron chi connectivity index (χ4n) is 1.97. The summed E-state index contributed by atoms with van der Waals surface area (Å²) in [6.45, 7) is -1.85. The zero-order valence-corrected chi connectivity index (χ0v) is 12.9. The molecule has 2 heterocycles. The first-order valence-electron chi connectivity index (χ1n) is 6.65. The molecule has 130 valence electrons. The number of halogens is 3. The quantitative estimate of drug-likeness (QED) is 0.697. The topological polar surface area (TPSA) is 108 Å². The second-order valence-electron chi connectivity index (χ2n) is 4.83. The summed E-state index contributed by atoms with van der Waals surface area (Å²) in [6.07, 6.45) is 4.88. The Balaban J connectivity index is 2.20. The molecule has 8 nitrogen and oxygen atoms in total. The highest BCUT2D eigenvalue weighted by atomic mass is 35.5. The molecule has 1 aliphatic rings. The van der Waals surface area contributed by atoms with Crippen LogP contribution in [0.5, 0.6) is 0 Å². The number of allylic oxidation sites excluding steroid dienone is 2. The molecular formula is C13H13ClF2N4O4. The molecular weight excluding hydrogens is 350 g/mol. The van der Waals surface area contributed by atoms with Crippen molar-refractivity contribution in [3.63, 3.8) is 0 Å². The predicted octanol–water partition coefficient (Wildman–Crippen LogP) is 1.17. The molecule has 1 aliphatic heterocycles. The fourth-order valence-corrected chi connectivity index (χ4v) is 2.16. The third kappa shape index (κ3) is 3.89. The van der Waals surface area contributed by atoms with Gasteiger partial charge in [0.25, 0.3) is 5.56 Å². The van der Waals surface area contributed by atoms with Crippen LogP contribution in [0.3, 0.4) is 0 Å². The lowest BCUT2D eigenvalue weighted by atomic mass is 10.1. The molecule has 0 aliphatic carbocycles. The molecule has 0 atom stereocenters. The number of aliphatic carboxylic acids is 1. The molecule has 1 aromatic heterocycles. The standard InChI is InChI=1S/C13H13ClF2N4O4/c14-9-5-17-11(12(23)19(9)6-10(21)22)18-7-13(15,16)8-3-1-2-4-20(8)24/h1-3,5,24H,4,6-7H2,(H,17,18)(H,21,22). The van der Waals surface area contributed by atoms with E-state index in [1.54, 1.807) is 0 Å². The Kier molecular flexibility index (Phi) is 5.20. The van der Waals surface area contributed by atoms with Crippen molar-refractivity contribution in [2.24, 2.45) is 0 Å². The van der Waals surface area contributed by atoms with E-state index in [0.29, 0.717) is 9.63 Å². The lowest BCUT2D eigenvalue weighted by Crippen LogP contribution is -2.40. The molecule has 11 heteroatoms. The number of rotatable bonds is 6. The monoisotopic (exact) mass is 362 g/mol. The summed E-state index contributed by atoms with van der Waals surface area (Å²) in [5.74, 6) is -5.29. The third-order valence-electron chi connectivity index (χ3n) is 3.10. The summed E-state index contributed by atoms with van der Waals surface area (Å²) in [5, 5.41) is 20.5. The Morgan fingerprint density at radius 3 is 2.83 bits per heavy atom. The van der Waals surface area contributed by atoms with Crippen LogP contribution in [-0.2, 0) is 11.3 Å². The van der Waals surface area contributed by atoms with Crippen molar-refractivity contribution in [2.45, 2.75) is 12.5 Å². The SMILES string of the molecule is O=C(O)Cn1c(Cl)cnc(NCC(F)(F)C2=CC=CCN2O)c1=O. The maximum atomic E-state index is 14.1. The lowest BCUT2D eigenvalue weighted by molar-refractivity contribution is -0.137. The van der Waals surface area contributed by atoms with Gasteiger partial charge < -0.3 is 10.4 Å². The summed E-state index contributed by atoms with van der Waals surface area (Å²) in [4.78, 5) is 26.4. The average molecular weight is 363 g/mol. The van der Waals surface area contributed by atoms with Crippen LogP contribution in [0.1, 0.15) is 0 Å². The number of nitrogens with zero attached hydrogens (tertiary/aromatic N) is 3. The molecule has 0 fully saturated rings. The van der Waals surface area contributed by atoms with E-state index >= 15 is 0 Å². The van der Waals surface area contributed by atoms with E-state index in [0.717, 1.165) is 12.3 Å². The first-order valence-corrected chi connectivity index (χ1v) is 7.02. The number of nitrogens with one attached hydrogen (secondary N) is 1. The highest BCUT2D eigenvalue weighted by Crippen LogP contribution is 2.28. The van der Waals surface area contributed by atoms with Crippen LogP contribution in [0, 0.1) is 0 Å². The number of carboxylic acids is 1. The maximum absolute atomic E-state index is 14.1. The maximum Gasteiger partial charge on any atom is 0.323 e. The number of anilines is 1. The number of alkyl halides is 2. The van der Waals surface area contributed by atoms with Crippen molar-refractivity contribution in [3.8, 4) is 0 Å². The van der Waals surface area contributed by atoms with E-state index in [-0.39, 0.29) is 11.7 Å². The largest absolute Gasteiger partial charge is 0.480 e. The van der Waals surface area contributed by atoms with Gasteiger partial charge in [0.05, 0.1) is 19.3 Å². The minimum atomic E-state index is -3.50. The van der Waals surface area contributed by atoms with E-state index in [2.05, 4.69) is 10.3 Å². The van der Waals surface area contributed by atoms with Gasteiger partial charge in [0, 0.05) is 0 Å². The molecule has 0 bridgehead atoms. The van der Waals surface area contributed by atoms with Gasteiger partial charge in [0.2, 0.25) is 0 Å². The van der Waals surface area contributed by atoms with E-state index in [4.69, 9.17) is 16.7 Å². The van der Waals surface area contributed by atoms with Gasteiger partial charge in [-0.3, -0.25) is 24.4 Å². The molecule has 1 aromatic rings. The van der Waals surface area contributed by atoms with Gasteiger partial charge in [-0.25, -0.2) is 4.98 Å². The number of hydrogen-bond donors (Lipinski definition) is 3. The van der Waals surface area contributed by atoms with Crippen LogP contribution in [-0.4, -0.2) is 49.9 Å². The Morgan fingerprint density at radius 1 is 1.50 bits per heavy atom. The molecule has 24 heavy (non-hydrogen) atoms. The minimum Gasteiger partial charge on any atom is -0.480 e. The van der Waals surface area contributed by atoms with Gasteiger partial charge in [0.1, 0.15) is 17.4 Å². The molecule has 0 amide bonds. The molecule has 0 unspecified atom stereocenters. The normalized spacial score (nSPS) is 14.5. The van der Waals surface area contributed by atoms with Crippen molar-refractivity contribution in [2.75, 3.05) is 18.4 Å². The van der Waals surface area contributed by atoms with E-state index in [1.807, 2.05) is 0 Å². The van der Waals surface area contributed by atoms with Crippen molar-refractivity contribution in [1.29, 1.82) is 0 Å². The fraction of sp³-hybridized carbons (Fsp3) is 0.308. The molecule has 3 N–H and O–H groups in total. The summed E-state index contributed by atoms with van der Waals surface area (Å²) in [7, 11) is 0. The summed E-state index contributed by atoms with van der Waals surface area (Å²) >= 11 is 5.68. The number of carbonyl (C=O) groups is 1. The number of aromatic nitrogens is 2. The zero-order valence-electron chi connectivity index (χ0n) is 12.1. The van der Waals surface area contributed by atoms with Gasteiger partial charge >= 0.3 is 11.9 Å². The highest BCUT2D eigenvalue weighted by Gasteiger charge is 2.38. The van der Waals surface area contributed by atoms with E-state index < -0.39 is 42.1 Å². The molecule has 0 radical (unpaired) electrons. The van der Waals surface area contributed by atoms with Gasteiger partial charge in [-0.2, -0.15) is 8.78 Å². The lowest BCUT2D eigenvalue weighted by Gasteiger charge is -2.28. The number of hydrogen-bond acceptors (Lipinski definition) is 6. The Morgan fingerprint density at radius 2 is 2.21 bits per heavy atom. The molecule has 0 aromatic carbocycles. The van der Waals surface area contributed by atoms with Crippen LogP contribution in [0.4, 0.5) is 14.6 Å². The second-order valence-corrected chi connectivity index (χ2v) is 5.22. The van der Waals surface area contributed by atoms with E-state index in [9.17, 15) is 23.6 Å². The molecule has 2 rings (SSSR count). The number of carboxylic acid groups (broad SMARTS) is 1. The third-order valence-corrected chi connectivity index (χ3v) is 3.40. The molecule has 0 saturated carbocycles. The van der Waals surface area contributed by atoms with Crippen LogP contribution in [0.25, 0.3) is 0 Å². The summed E-state index contributed by atoms with van der Waals surface area (Å²) in [6, 6.07) is 0. The van der Waals surface area contributed by atoms with Gasteiger partial charge in [0.15, 0.2) is 5.82 Å². The summed E-state index contributed by atoms with van der Waals surface area (Å²) < 4.78 is 29.0. The van der Waals surface area contributed by atoms with Crippen LogP contribution < -0.4 is 10.9 Å². The van der Waals surface area contributed by atoms with Crippen LogP contribution >= 0.6 is 11.6 Å². The Hall–Kier alpha value is -2.46. The Bertz CT molecular complexity index is 763. The van der Waals surface area contributed by atoms with E-state index in [1.165, 1.54) is 12.2 Å². The van der Waals surface area contributed by atoms with Crippen molar-refractivity contribution < 1.29 is 23.9 Å². The smallest absolute Gasteiger partial charge is 0.323 e. The Labute approximate surface area is 139 Å². The van der Waals surface area contributed by atoms with Crippen LogP contribution in [0.2, 0.25) is 5.15 Å². The summed E-state index contributed by atoms with van der Waals surface area (Å²) in [5.41, 5.74) is -1.59. The average Bonchev–Trinajstić information content (AvgIpc) is 2.50. The first-order chi connectivity index (χ1) is 11.2. The van der Waals surface area contributed by atoms with Crippen molar-refractivity contribution in [3.05, 3.63) is 45.6 Å². The van der Waals surface area contributed by atoms with Crippen molar-refractivity contribution >= 4 is 23.4 Å². The van der Waals surface area contributed by atoms with Crippen molar-refractivity contribution in [1.82, 2.24) is 14.6 Å².